The average molecular weight is 310 g/mol. The van der Waals surface area contributed by atoms with Crippen LogP contribution in [0.5, 0.6) is 5.75 Å². The molecule has 0 radical (unpaired) electrons. The Labute approximate surface area is 133 Å². The molecule has 0 aromatic heterocycles. The zero-order valence-corrected chi connectivity index (χ0v) is 12.2. The lowest BCUT2D eigenvalue weighted by atomic mass is 10.1. The molecule has 2 rings (SSSR count). The molecule has 5 heteroatoms. The molecule has 0 fully saturated rings. The van der Waals surface area contributed by atoms with Gasteiger partial charge in [-0.2, -0.15) is 0 Å². The van der Waals surface area contributed by atoms with E-state index in [9.17, 15) is 14.4 Å². The monoisotopic (exact) mass is 310 g/mol. The van der Waals surface area contributed by atoms with Crippen molar-refractivity contribution in [3.05, 3.63) is 78.4 Å². The zero-order valence-electron chi connectivity index (χ0n) is 12.2. The number of rotatable bonds is 6. The van der Waals surface area contributed by atoms with E-state index in [-0.39, 0.29) is 12.4 Å². The zero-order chi connectivity index (χ0) is 16.5. The molecule has 116 valence electrons. The third-order valence-electron chi connectivity index (χ3n) is 2.76. The maximum Gasteiger partial charge on any atom is 0.336 e. The molecular weight excluding hydrogens is 296 g/mol. The summed E-state index contributed by atoms with van der Waals surface area (Å²) < 4.78 is 9.74. The molecule has 0 N–H and O–H groups in total. The Morgan fingerprint density at radius 3 is 2.00 bits per heavy atom. The van der Waals surface area contributed by atoms with Crippen LogP contribution in [-0.2, 0) is 14.3 Å². The Kier molecular flexibility index (Phi) is 5.82. The van der Waals surface area contributed by atoms with Crippen LogP contribution in [0.1, 0.15) is 10.4 Å². The highest BCUT2D eigenvalue weighted by Crippen LogP contribution is 2.08. The van der Waals surface area contributed by atoms with Gasteiger partial charge in [-0.1, -0.05) is 48.5 Å². The largest absolute Gasteiger partial charge is 0.454 e. The van der Waals surface area contributed by atoms with Crippen molar-refractivity contribution in [3.8, 4) is 5.75 Å². The Bertz CT molecular complexity index is 705. The number of benzene rings is 2. The molecule has 0 saturated heterocycles. The van der Waals surface area contributed by atoms with Crippen molar-refractivity contribution in [2.45, 2.75) is 0 Å². The lowest BCUT2D eigenvalue weighted by Gasteiger charge is -2.02. The van der Waals surface area contributed by atoms with Crippen molar-refractivity contribution in [2.24, 2.45) is 0 Å². The molecule has 23 heavy (non-hydrogen) atoms. The normalized spacial score (nSPS) is 10.3. The first-order valence-electron chi connectivity index (χ1n) is 6.85. The minimum absolute atomic E-state index is 0.320. The van der Waals surface area contributed by atoms with Crippen LogP contribution < -0.4 is 4.74 Å². The highest BCUT2D eigenvalue weighted by Gasteiger charge is 2.08. The molecule has 0 saturated carbocycles. The maximum absolute atomic E-state index is 11.7. The molecule has 0 aliphatic carbocycles. The lowest BCUT2D eigenvalue weighted by molar-refractivity contribution is -0.137. The maximum atomic E-state index is 11.7. The summed E-state index contributed by atoms with van der Waals surface area (Å²) in [5.41, 5.74) is 0.452. The average Bonchev–Trinajstić information content (AvgIpc) is 2.59. The van der Waals surface area contributed by atoms with Crippen molar-refractivity contribution in [2.75, 3.05) is 6.61 Å². The van der Waals surface area contributed by atoms with E-state index in [2.05, 4.69) is 0 Å². The predicted molar refractivity (Wildman–Crippen MR) is 82.9 cm³/mol. The molecule has 0 aliphatic heterocycles. The van der Waals surface area contributed by atoms with E-state index in [0.717, 1.165) is 12.2 Å². The van der Waals surface area contributed by atoms with Gasteiger partial charge in [0.25, 0.3) is 0 Å². The summed E-state index contributed by atoms with van der Waals surface area (Å²) in [6.45, 7) is -0.388. The third-order valence-corrected chi connectivity index (χ3v) is 2.76. The molecule has 0 amide bonds. The van der Waals surface area contributed by atoms with Gasteiger partial charge in [0.15, 0.2) is 12.4 Å². The summed E-state index contributed by atoms with van der Waals surface area (Å²) in [6, 6.07) is 16.9. The minimum atomic E-state index is -0.792. The van der Waals surface area contributed by atoms with Gasteiger partial charge in [-0.3, -0.25) is 4.79 Å². The van der Waals surface area contributed by atoms with E-state index >= 15 is 0 Å². The molecular formula is C18H14O5. The number of para-hydroxylation sites is 1. The van der Waals surface area contributed by atoms with Gasteiger partial charge in [0.1, 0.15) is 5.75 Å². The highest BCUT2D eigenvalue weighted by molar-refractivity contribution is 5.99. The van der Waals surface area contributed by atoms with E-state index < -0.39 is 11.9 Å². The molecule has 5 nitrogen and oxygen atoms in total. The van der Waals surface area contributed by atoms with Crippen LogP contribution in [0.15, 0.2) is 72.8 Å². The molecule has 0 unspecified atom stereocenters. The van der Waals surface area contributed by atoms with Crippen LogP contribution in [0.4, 0.5) is 0 Å². The number of carbonyl (C=O) groups excluding carboxylic acids is 3. The van der Waals surface area contributed by atoms with Crippen molar-refractivity contribution >= 4 is 17.7 Å². The van der Waals surface area contributed by atoms with Gasteiger partial charge in [0.2, 0.25) is 0 Å². The minimum Gasteiger partial charge on any atom is -0.454 e. The standard InChI is InChI=1S/C18H14O5/c19-16(14-7-3-1-4-8-14)13-22-17(20)11-12-18(21)23-15-9-5-2-6-10-15/h1-12H,13H2/b12-11+. The fourth-order valence-corrected chi connectivity index (χ4v) is 1.67. The number of ketones is 1. The van der Waals surface area contributed by atoms with Crippen LogP contribution in [0, 0.1) is 0 Å². The number of esters is 2. The van der Waals surface area contributed by atoms with Crippen molar-refractivity contribution in [3.63, 3.8) is 0 Å². The van der Waals surface area contributed by atoms with Gasteiger partial charge in [-0.15, -0.1) is 0 Å². The van der Waals surface area contributed by atoms with E-state index in [4.69, 9.17) is 9.47 Å². The molecule has 0 heterocycles. The second-order valence-electron chi connectivity index (χ2n) is 4.46. The Morgan fingerprint density at radius 1 is 0.783 bits per heavy atom. The van der Waals surface area contributed by atoms with E-state index in [1.807, 2.05) is 0 Å². The second kappa shape index (κ2) is 8.29. The van der Waals surface area contributed by atoms with Crippen LogP contribution in [0.2, 0.25) is 0 Å². The third kappa shape index (κ3) is 5.59. The first-order valence-corrected chi connectivity index (χ1v) is 6.85. The van der Waals surface area contributed by atoms with Gasteiger partial charge in [-0.05, 0) is 12.1 Å². The van der Waals surface area contributed by atoms with E-state index in [0.29, 0.717) is 11.3 Å². The fraction of sp³-hybridized carbons (Fsp3) is 0.0556. The quantitative estimate of drug-likeness (QED) is 0.355. The summed E-state index contributed by atoms with van der Waals surface area (Å²) in [7, 11) is 0. The number of carbonyl (C=O) groups is 3. The van der Waals surface area contributed by atoms with Gasteiger partial charge < -0.3 is 9.47 Å². The number of hydrogen-bond acceptors (Lipinski definition) is 5. The van der Waals surface area contributed by atoms with Gasteiger partial charge in [-0.25, -0.2) is 9.59 Å². The van der Waals surface area contributed by atoms with Crippen molar-refractivity contribution in [1.82, 2.24) is 0 Å². The van der Waals surface area contributed by atoms with Crippen molar-refractivity contribution < 1.29 is 23.9 Å². The first kappa shape index (κ1) is 16.2. The molecule has 0 atom stereocenters. The van der Waals surface area contributed by atoms with Crippen LogP contribution in [0.25, 0.3) is 0 Å². The predicted octanol–water partition coefficient (Wildman–Crippen LogP) is 2.57. The second-order valence-corrected chi connectivity index (χ2v) is 4.46. The lowest BCUT2D eigenvalue weighted by Crippen LogP contribution is -2.13. The molecule has 0 bridgehead atoms. The molecule has 0 aliphatic rings. The SMILES string of the molecule is O=C(/C=C/C(=O)Oc1ccccc1)OCC(=O)c1ccccc1. The van der Waals surface area contributed by atoms with Crippen LogP contribution in [-0.4, -0.2) is 24.3 Å². The van der Waals surface area contributed by atoms with E-state index in [1.165, 1.54) is 0 Å². The molecule has 2 aromatic carbocycles. The number of ether oxygens (including phenoxy) is 2. The van der Waals surface area contributed by atoms with Gasteiger partial charge in [0.05, 0.1) is 0 Å². The Hall–Kier alpha value is -3.21. The summed E-state index contributed by atoms with van der Waals surface area (Å²) in [4.78, 5) is 34.7. The summed E-state index contributed by atoms with van der Waals surface area (Å²) >= 11 is 0. The van der Waals surface area contributed by atoms with Crippen LogP contribution in [0.3, 0.4) is 0 Å². The van der Waals surface area contributed by atoms with Gasteiger partial charge in [0, 0.05) is 17.7 Å². The fourth-order valence-electron chi connectivity index (χ4n) is 1.67. The highest BCUT2D eigenvalue weighted by atomic mass is 16.5. The topological polar surface area (TPSA) is 69.7 Å². The van der Waals surface area contributed by atoms with Crippen molar-refractivity contribution in [1.29, 1.82) is 0 Å². The van der Waals surface area contributed by atoms with Crippen LogP contribution >= 0.6 is 0 Å². The molecule has 2 aromatic rings. The van der Waals surface area contributed by atoms with Gasteiger partial charge >= 0.3 is 11.9 Å². The Morgan fingerprint density at radius 2 is 1.35 bits per heavy atom. The smallest absolute Gasteiger partial charge is 0.336 e. The summed E-state index contributed by atoms with van der Waals surface area (Å²) in [6.07, 6.45) is 1.87. The number of hydrogen-bond donors (Lipinski definition) is 0. The Balaban J connectivity index is 1.78. The summed E-state index contributed by atoms with van der Waals surface area (Å²) in [5, 5.41) is 0. The molecule has 0 spiro atoms. The summed E-state index contributed by atoms with van der Waals surface area (Å²) in [5.74, 6) is -1.45. The number of Topliss-reactive ketones (excluding diaryl/α,β-unsaturated/α-hetero) is 1. The first-order chi connectivity index (χ1) is 11.1. The van der Waals surface area contributed by atoms with E-state index in [1.54, 1.807) is 60.7 Å².